The topological polar surface area (TPSA) is 23.5 Å². The van der Waals surface area contributed by atoms with Gasteiger partial charge in [-0.1, -0.05) is 12.1 Å². The average Bonchev–Trinajstić information content (AvgIpc) is 2.03. The van der Waals surface area contributed by atoms with Gasteiger partial charge in [0.05, 0.1) is 6.10 Å². The second-order valence-electron chi connectivity index (χ2n) is 3.33. The summed E-state index contributed by atoms with van der Waals surface area (Å²) in [7, 11) is 3.73. The van der Waals surface area contributed by atoms with Gasteiger partial charge in [0.15, 0.2) is 0 Å². The lowest BCUT2D eigenvalue weighted by Crippen LogP contribution is -2.20. The lowest BCUT2D eigenvalue weighted by atomic mass is 10.1. The summed E-state index contributed by atoms with van der Waals surface area (Å²) in [5.74, 6) is -0.310. The molecular formula is C10H14FNO. The molecule has 0 amide bonds. The maximum absolute atomic E-state index is 12.7. The molecule has 0 spiro atoms. The molecule has 2 nitrogen and oxygen atoms in total. The molecule has 1 N–H and O–H groups in total. The van der Waals surface area contributed by atoms with Gasteiger partial charge in [0, 0.05) is 6.54 Å². The van der Waals surface area contributed by atoms with Gasteiger partial charge in [-0.2, -0.15) is 0 Å². The van der Waals surface area contributed by atoms with E-state index in [2.05, 4.69) is 0 Å². The highest BCUT2D eigenvalue weighted by Crippen LogP contribution is 2.14. The van der Waals surface area contributed by atoms with E-state index >= 15 is 0 Å². The third-order valence-electron chi connectivity index (χ3n) is 1.77. The van der Waals surface area contributed by atoms with Gasteiger partial charge in [0.2, 0.25) is 0 Å². The Bertz CT molecular complexity index is 275. The molecule has 13 heavy (non-hydrogen) atoms. The van der Waals surface area contributed by atoms with Crippen molar-refractivity contribution in [3.8, 4) is 0 Å². The lowest BCUT2D eigenvalue weighted by molar-refractivity contribution is 0.138. The number of likely N-dealkylation sites (N-methyl/N-ethyl adjacent to an activating group) is 1. The molecule has 1 aromatic carbocycles. The summed E-state index contributed by atoms with van der Waals surface area (Å²) >= 11 is 0. The van der Waals surface area contributed by atoms with Crippen molar-refractivity contribution in [2.75, 3.05) is 20.6 Å². The molecule has 0 radical (unpaired) electrons. The fourth-order valence-corrected chi connectivity index (χ4v) is 1.17. The predicted octanol–water partition coefficient (Wildman–Crippen LogP) is 1.42. The molecule has 0 aliphatic heterocycles. The summed E-state index contributed by atoms with van der Waals surface area (Å²) in [5.41, 5.74) is 0.619. The highest BCUT2D eigenvalue weighted by atomic mass is 19.1. The van der Waals surface area contributed by atoms with E-state index in [1.807, 2.05) is 19.0 Å². The van der Waals surface area contributed by atoms with Crippen molar-refractivity contribution in [2.45, 2.75) is 6.10 Å². The van der Waals surface area contributed by atoms with Crippen LogP contribution in [0.4, 0.5) is 4.39 Å². The number of aliphatic hydroxyl groups excluding tert-OH is 1. The third kappa shape index (κ3) is 3.13. The molecule has 0 aromatic heterocycles. The molecule has 1 atom stereocenters. The number of hydrogen-bond acceptors (Lipinski definition) is 2. The largest absolute Gasteiger partial charge is 0.387 e. The van der Waals surface area contributed by atoms with Crippen molar-refractivity contribution in [3.05, 3.63) is 35.6 Å². The molecule has 1 unspecified atom stereocenters. The molecule has 0 saturated carbocycles. The molecule has 1 aromatic rings. The van der Waals surface area contributed by atoms with Gasteiger partial charge < -0.3 is 10.0 Å². The summed E-state index contributed by atoms with van der Waals surface area (Å²) in [6, 6.07) is 6.04. The van der Waals surface area contributed by atoms with E-state index in [4.69, 9.17) is 0 Å². The van der Waals surface area contributed by atoms with Crippen LogP contribution in [-0.2, 0) is 0 Å². The summed E-state index contributed by atoms with van der Waals surface area (Å²) in [6.07, 6.45) is -0.620. The predicted molar refractivity (Wildman–Crippen MR) is 49.9 cm³/mol. The van der Waals surface area contributed by atoms with Gasteiger partial charge in [-0.15, -0.1) is 0 Å². The molecular weight excluding hydrogens is 169 g/mol. The van der Waals surface area contributed by atoms with Crippen LogP contribution in [0.3, 0.4) is 0 Å². The fraction of sp³-hybridized carbons (Fsp3) is 0.400. The zero-order chi connectivity index (χ0) is 9.84. The normalized spacial score (nSPS) is 13.3. The van der Waals surface area contributed by atoms with E-state index in [1.54, 1.807) is 12.1 Å². The first-order valence-corrected chi connectivity index (χ1v) is 4.18. The van der Waals surface area contributed by atoms with E-state index in [0.29, 0.717) is 12.1 Å². The molecule has 0 saturated heterocycles. The Morgan fingerprint density at radius 2 is 2.15 bits per heavy atom. The zero-order valence-corrected chi connectivity index (χ0v) is 7.87. The van der Waals surface area contributed by atoms with E-state index < -0.39 is 6.10 Å². The smallest absolute Gasteiger partial charge is 0.123 e. The van der Waals surface area contributed by atoms with Crippen LogP contribution in [0.1, 0.15) is 11.7 Å². The van der Waals surface area contributed by atoms with Gasteiger partial charge >= 0.3 is 0 Å². The van der Waals surface area contributed by atoms with Crippen LogP contribution in [-0.4, -0.2) is 30.6 Å². The fourth-order valence-electron chi connectivity index (χ4n) is 1.17. The van der Waals surface area contributed by atoms with Crippen molar-refractivity contribution in [3.63, 3.8) is 0 Å². The van der Waals surface area contributed by atoms with Crippen LogP contribution < -0.4 is 0 Å². The van der Waals surface area contributed by atoms with Crippen molar-refractivity contribution in [1.82, 2.24) is 4.90 Å². The first-order valence-electron chi connectivity index (χ1n) is 4.18. The maximum atomic E-state index is 12.7. The average molecular weight is 183 g/mol. The van der Waals surface area contributed by atoms with Crippen molar-refractivity contribution < 1.29 is 9.50 Å². The number of hydrogen-bond donors (Lipinski definition) is 1. The van der Waals surface area contributed by atoms with Gasteiger partial charge in [-0.3, -0.25) is 0 Å². The number of rotatable bonds is 3. The quantitative estimate of drug-likeness (QED) is 0.766. The molecule has 1 rings (SSSR count). The monoisotopic (exact) mass is 183 g/mol. The second kappa shape index (κ2) is 4.35. The first-order chi connectivity index (χ1) is 6.09. The molecule has 0 bridgehead atoms. The molecule has 72 valence electrons. The molecule has 0 heterocycles. The van der Waals surface area contributed by atoms with Crippen LogP contribution in [0.5, 0.6) is 0 Å². The summed E-state index contributed by atoms with van der Waals surface area (Å²) in [6.45, 7) is 0.503. The Morgan fingerprint density at radius 1 is 1.46 bits per heavy atom. The van der Waals surface area contributed by atoms with Crippen molar-refractivity contribution in [1.29, 1.82) is 0 Å². The van der Waals surface area contributed by atoms with Gasteiger partial charge in [-0.05, 0) is 31.8 Å². The second-order valence-corrected chi connectivity index (χ2v) is 3.33. The maximum Gasteiger partial charge on any atom is 0.123 e. The van der Waals surface area contributed by atoms with Crippen LogP contribution in [0.15, 0.2) is 24.3 Å². The van der Waals surface area contributed by atoms with Gasteiger partial charge in [-0.25, -0.2) is 4.39 Å². The number of halogens is 1. The Kier molecular flexibility index (Phi) is 3.39. The highest BCUT2D eigenvalue weighted by Gasteiger charge is 2.08. The van der Waals surface area contributed by atoms with Crippen LogP contribution >= 0.6 is 0 Å². The zero-order valence-electron chi connectivity index (χ0n) is 7.87. The minimum Gasteiger partial charge on any atom is -0.387 e. The Hall–Kier alpha value is -0.930. The molecule has 0 aliphatic carbocycles. The van der Waals surface area contributed by atoms with Crippen molar-refractivity contribution in [2.24, 2.45) is 0 Å². The Labute approximate surface area is 77.6 Å². The SMILES string of the molecule is CN(C)CC(O)c1cccc(F)c1. The van der Waals surface area contributed by atoms with Crippen LogP contribution in [0, 0.1) is 5.82 Å². The Balaban J connectivity index is 2.71. The summed E-state index contributed by atoms with van der Waals surface area (Å²) in [5, 5.41) is 9.61. The lowest BCUT2D eigenvalue weighted by Gasteiger charge is -2.15. The molecule has 0 fully saturated rings. The van der Waals surface area contributed by atoms with Gasteiger partial charge in [0.25, 0.3) is 0 Å². The first kappa shape index (κ1) is 10.2. The number of nitrogens with zero attached hydrogens (tertiary/aromatic N) is 1. The number of aliphatic hydroxyl groups is 1. The highest BCUT2D eigenvalue weighted by molar-refractivity contribution is 5.18. The standard InChI is InChI=1S/C10H14FNO/c1-12(2)7-10(13)8-4-3-5-9(11)6-8/h3-6,10,13H,7H2,1-2H3. The van der Waals surface area contributed by atoms with Gasteiger partial charge in [0.1, 0.15) is 5.82 Å². The van der Waals surface area contributed by atoms with E-state index in [9.17, 15) is 9.50 Å². The molecule has 0 aliphatic rings. The molecule has 3 heteroatoms. The minimum atomic E-state index is -0.620. The van der Waals surface area contributed by atoms with E-state index in [0.717, 1.165) is 0 Å². The van der Waals surface area contributed by atoms with Crippen LogP contribution in [0.2, 0.25) is 0 Å². The van der Waals surface area contributed by atoms with Crippen molar-refractivity contribution >= 4 is 0 Å². The van der Waals surface area contributed by atoms with Crippen LogP contribution in [0.25, 0.3) is 0 Å². The summed E-state index contributed by atoms with van der Waals surface area (Å²) < 4.78 is 12.7. The Morgan fingerprint density at radius 3 is 2.69 bits per heavy atom. The minimum absolute atomic E-state index is 0.310. The third-order valence-corrected chi connectivity index (χ3v) is 1.77. The van der Waals surface area contributed by atoms with E-state index in [1.165, 1.54) is 12.1 Å². The van der Waals surface area contributed by atoms with E-state index in [-0.39, 0.29) is 5.82 Å². The summed E-state index contributed by atoms with van der Waals surface area (Å²) in [4.78, 5) is 1.86. The number of benzene rings is 1.